The van der Waals surface area contributed by atoms with Crippen molar-refractivity contribution >= 4 is 10.8 Å². The Morgan fingerprint density at radius 2 is 1.19 bits per heavy atom. The topological polar surface area (TPSA) is 38.7 Å². The molecule has 0 aliphatic heterocycles. The zero-order chi connectivity index (χ0) is 37.0. The fraction of sp³-hybridized carbons (Fsp3) is 0.140. The van der Waals surface area contributed by atoms with Gasteiger partial charge in [-0.15, -0.1) is 71.3 Å². The number of nitrogens with zero attached hydrogens (tertiary/aromatic N) is 3. The van der Waals surface area contributed by atoms with Crippen LogP contribution in [0.2, 0.25) is 0 Å². The van der Waals surface area contributed by atoms with Gasteiger partial charge in [-0.05, 0) is 106 Å². The normalized spacial score (nSPS) is 11.0. The van der Waals surface area contributed by atoms with E-state index in [9.17, 15) is 0 Å². The monoisotopic (exact) mass is 878 g/mol. The van der Waals surface area contributed by atoms with E-state index in [-0.39, 0.29) is 25.5 Å². The van der Waals surface area contributed by atoms with Gasteiger partial charge in [-0.25, -0.2) is 0 Å². The SMILES string of the molecule is Cc1ccc(-c2cc(C)cc(-c3ccc(-c4cc[c-]c(-c5cc(C(C)(C)C)ccn5)c4)c4cnccc34)c2)cc1.Cc1ccnc(-c2[c-]cccc2)c1.[Ir]. The summed E-state index contributed by atoms with van der Waals surface area (Å²) in [4.78, 5) is 13.5. The molecule has 54 heavy (non-hydrogen) atoms. The van der Waals surface area contributed by atoms with Crippen LogP contribution in [0.15, 0.2) is 152 Å². The predicted octanol–water partition coefficient (Wildman–Crippen LogP) is 12.9. The number of rotatable bonds is 5. The largest absolute Gasteiger partial charge is 0.305 e. The number of fused-ring (bicyclic) bond motifs is 1. The summed E-state index contributed by atoms with van der Waals surface area (Å²) in [5.41, 5.74) is 16.2. The average Bonchev–Trinajstić information content (AvgIpc) is 3.18. The van der Waals surface area contributed by atoms with Gasteiger partial charge in [0, 0.05) is 50.3 Å². The number of hydrogen-bond donors (Lipinski definition) is 0. The molecule has 5 aromatic carbocycles. The van der Waals surface area contributed by atoms with Gasteiger partial charge in [0.2, 0.25) is 0 Å². The second-order valence-electron chi connectivity index (χ2n) is 14.7. The maximum atomic E-state index is 4.68. The Hall–Kier alpha value is -5.54. The first-order chi connectivity index (χ1) is 25.6. The number of pyridine rings is 3. The van der Waals surface area contributed by atoms with E-state index in [0.29, 0.717) is 0 Å². The smallest absolute Gasteiger partial charge is 0.0352 e. The van der Waals surface area contributed by atoms with Gasteiger partial charge in [-0.1, -0.05) is 92.6 Å². The first kappa shape index (κ1) is 38.2. The van der Waals surface area contributed by atoms with Crippen LogP contribution >= 0.6 is 0 Å². The summed E-state index contributed by atoms with van der Waals surface area (Å²) in [6, 6.07) is 51.3. The van der Waals surface area contributed by atoms with E-state index in [1.807, 2.05) is 61.2 Å². The van der Waals surface area contributed by atoms with Crippen molar-refractivity contribution in [3.63, 3.8) is 0 Å². The Labute approximate surface area is 333 Å². The van der Waals surface area contributed by atoms with E-state index in [1.54, 1.807) is 0 Å². The molecule has 3 heterocycles. The Morgan fingerprint density at radius 3 is 1.91 bits per heavy atom. The van der Waals surface area contributed by atoms with Gasteiger partial charge < -0.3 is 9.97 Å². The maximum absolute atomic E-state index is 4.68. The van der Waals surface area contributed by atoms with Crippen LogP contribution in [0.4, 0.5) is 0 Å². The second-order valence-corrected chi connectivity index (χ2v) is 14.7. The van der Waals surface area contributed by atoms with E-state index in [4.69, 9.17) is 0 Å². The Bertz CT molecular complexity index is 2520. The van der Waals surface area contributed by atoms with Crippen LogP contribution in [0.1, 0.15) is 43.0 Å². The van der Waals surface area contributed by atoms with Gasteiger partial charge in [-0.3, -0.25) is 4.98 Å². The minimum Gasteiger partial charge on any atom is -0.305 e. The minimum absolute atomic E-state index is 0. The summed E-state index contributed by atoms with van der Waals surface area (Å²) >= 11 is 0. The molecule has 8 rings (SSSR count). The average molecular weight is 878 g/mol. The molecule has 0 spiro atoms. The van der Waals surface area contributed by atoms with Crippen molar-refractivity contribution in [3.8, 4) is 55.9 Å². The van der Waals surface area contributed by atoms with Crippen molar-refractivity contribution < 1.29 is 20.1 Å². The van der Waals surface area contributed by atoms with E-state index in [2.05, 4.69) is 160 Å². The summed E-state index contributed by atoms with van der Waals surface area (Å²) in [5, 5.41) is 2.32. The molecule has 1 radical (unpaired) electrons. The van der Waals surface area contributed by atoms with Crippen LogP contribution in [-0.4, -0.2) is 15.0 Å². The van der Waals surface area contributed by atoms with Crippen LogP contribution in [0, 0.1) is 32.9 Å². The van der Waals surface area contributed by atoms with Gasteiger partial charge in [0.1, 0.15) is 0 Å². The van der Waals surface area contributed by atoms with Gasteiger partial charge in [0.25, 0.3) is 0 Å². The molecule has 0 aliphatic rings. The standard InChI is InChI=1S/C38H33N2.C12H10N.Ir/c1-25-9-11-27(12-10-25)30-19-26(2)20-31(22-30)34-14-13-33(36-24-39-17-16-35(34)36)28-7-6-8-29(21-28)37-23-32(15-18-40-37)38(3,4)5;1-10-7-8-13-12(9-10)11-5-3-2-4-6-11;/h6-7,9-24H,1-5H3;2-5,7-9H,1H3;/q2*-1;. The molecule has 0 atom stereocenters. The molecule has 269 valence electrons. The van der Waals surface area contributed by atoms with Crippen molar-refractivity contribution in [1.82, 2.24) is 15.0 Å². The van der Waals surface area contributed by atoms with Crippen LogP contribution in [0.3, 0.4) is 0 Å². The van der Waals surface area contributed by atoms with Crippen LogP contribution < -0.4 is 0 Å². The fourth-order valence-electron chi connectivity index (χ4n) is 6.61. The molecule has 3 nitrogen and oxygen atoms in total. The fourth-order valence-corrected chi connectivity index (χ4v) is 6.61. The summed E-state index contributed by atoms with van der Waals surface area (Å²) in [5.74, 6) is 0. The third kappa shape index (κ3) is 8.80. The quantitative estimate of drug-likeness (QED) is 0.162. The maximum Gasteiger partial charge on any atom is 0.0352 e. The van der Waals surface area contributed by atoms with Crippen molar-refractivity contribution in [1.29, 1.82) is 0 Å². The van der Waals surface area contributed by atoms with Crippen molar-refractivity contribution in [2.45, 2.75) is 47.0 Å². The summed E-state index contributed by atoms with van der Waals surface area (Å²) in [7, 11) is 0. The first-order valence-corrected chi connectivity index (χ1v) is 18.1. The predicted molar refractivity (Wildman–Crippen MR) is 222 cm³/mol. The Kier molecular flexibility index (Phi) is 11.8. The molecule has 3 aromatic heterocycles. The molecule has 0 bridgehead atoms. The zero-order valence-corrected chi connectivity index (χ0v) is 34.0. The molecule has 0 saturated heterocycles. The van der Waals surface area contributed by atoms with E-state index in [0.717, 1.165) is 39.0 Å². The van der Waals surface area contributed by atoms with Gasteiger partial charge in [0.05, 0.1) is 0 Å². The van der Waals surface area contributed by atoms with Gasteiger partial charge in [-0.2, -0.15) is 0 Å². The summed E-state index contributed by atoms with van der Waals surface area (Å²) in [6.45, 7) is 13.0. The number of aromatic nitrogens is 3. The molecule has 0 unspecified atom stereocenters. The molecule has 4 heteroatoms. The molecule has 8 aromatic rings. The van der Waals surface area contributed by atoms with Crippen LogP contribution in [0.5, 0.6) is 0 Å². The van der Waals surface area contributed by atoms with Crippen LogP contribution in [0.25, 0.3) is 66.7 Å². The van der Waals surface area contributed by atoms with Crippen molar-refractivity contribution in [2.75, 3.05) is 0 Å². The minimum atomic E-state index is 0. The molecular weight excluding hydrogens is 835 g/mol. The molecule has 0 fully saturated rings. The van der Waals surface area contributed by atoms with E-state index >= 15 is 0 Å². The third-order valence-corrected chi connectivity index (χ3v) is 9.51. The third-order valence-electron chi connectivity index (χ3n) is 9.51. The van der Waals surface area contributed by atoms with Crippen LogP contribution in [-0.2, 0) is 25.5 Å². The van der Waals surface area contributed by atoms with E-state index < -0.39 is 0 Å². The Balaban J connectivity index is 0.000000300. The molecular formula is C50H43IrN3-2. The molecule has 0 saturated carbocycles. The van der Waals surface area contributed by atoms with Gasteiger partial charge in [0.15, 0.2) is 0 Å². The Morgan fingerprint density at radius 1 is 0.481 bits per heavy atom. The summed E-state index contributed by atoms with van der Waals surface area (Å²) < 4.78 is 0. The molecule has 0 aliphatic carbocycles. The molecule has 0 N–H and O–H groups in total. The zero-order valence-electron chi connectivity index (χ0n) is 31.6. The van der Waals surface area contributed by atoms with Crippen molar-refractivity contribution in [3.05, 3.63) is 187 Å². The van der Waals surface area contributed by atoms with E-state index in [1.165, 1.54) is 49.9 Å². The second kappa shape index (κ2) is 16.6. The number of aryl methyl sites for hydroxylation is 3. The number of benzene rings is 5. The van der Waals surface area contributed by atoms with Gasteiger partial charge >= 0.3 is 0 Å². The molecule has 0 amide bonds. The van der Waals surface area contributed by atoms with Crippen molar-refractivity contribution in [2.24, 2.45) is 0 Å². The number of hydrogen-bond acceptors (Lipinski definition) is 3. The summed E-state index contributed by atoms with van der Waals surface area (Å²) in [6.07, 6.45) is 7.60. The first-order valence-electron chi connectivity index (χ1n) is 18.1.